The van der Waals surface area contributed by atoms with Crippen molar-refractivity contribution in [3.8, 4) is 0 Å². The van der Waals surface area contributed by atoms with Gasteiger partial charge in [-0.1, -0.05) is 30.3 Å². The van der Waals surface area contributed by atoms with Gasteiger partial charge in [-0.25, -0.2) is 4.79 Å². The number of nitrogens with zero attached hydrogens (tertiary/aromatic N) is 1. The second-order valence-electron chi connectivity index (χ2n) is 9.05. The van der Waals surface area contributed by atoms with Gasteiger partial charge in [0.15, 0.2) is 0 Å². The molecule has 0 aliphatic carbocycles. The number of hydrogen-bond donors (Lipinski definition) is 2. The SMILES string of the molecule is O=C(Nc1ccccc1)Nc1cccc2c1C[N+]1(CCC(Cc3cc[c-]cc3)CC1)C2.[Y]. The average molecular weight is 500 g/mol. The second-order valence-corrected chi connectivity index (χ2v) is 9.05. The first-order valence-corrected chi connectivity index (χ1v) is 11.2. The monoisotopic (exact) mass is 500 g/mol. The topological polar surface area (TPSA) is 41.1 Å². The number of quaternary nitrogens is 1. The Kier molecular flexibility index (Phi) is 7.45. The summed E-state index contributed by atoms with van der Waals surface area (Å²) < 4.78 is 1.13. The fourth-order valence-electron chi connectivity index (χ4n) is 5.23. The van der Waals surface area contributed by atoms with Crippen molar-refractivity contribution < 1.29 is 42.0 Å². The van der Waals surface area contributed by atoms with E-state index in [4.69, 9.17) is 0 Å². The first-order valence-electron chi connectivity index (χ1n) is 11.2. The summed E-state index contributed by atoms with van der Waals surface area (Å²) in [4.78, 5) is 12.5. The summed E-state index contributed by atoms with van der Waals surface area (Å²) in [5.41, 5.74) is 5.87. The Bertz CT molecular complexity index is 1050. The molecule has 1 saturated heterocycles. The van der Waals surface area contributed by atoms with E-state index in [-0.39, 0.29) is 38.7 Å². The van der Waals surface area contributed by atoms with Crippen molar-refractivity contribution in [3.05, 3.63) is 95.6 Å². The van der Waals surface area contributed by atoms with Gasteiger partial charge in [0.25, 0.3) is 0 Å². The van der Waals surface area contributed by atoms with Crippen LogP contribution in [0.4, 0.5) is 16.2 Å². The summed E-state index contributed by atoms with van der Waals surface area (Å²) in [6, 6.07) is 27.3. The third kappa shape index (κ3) is 5.31. The summed E-state index contributed by atoms with van der Waals surface area (Å²) in [6.45, 7) is 4.53. The summed E-state index contributed by atoms with van der Waals surface area (Å²) >= 11 is 0. The molecule has 3 aromatic carbocycles. The summed E-state index contributed by atoms with van der Waals surface area (Å²) in [7, 11) is 0. The van der Waals surface area contributed by atoms with Crippen molar-refractivity contribution in [2.24, 2.45) is 5.92 Å². The van der Waals surface area contributed by atoms with Crippen LogP contribution in [0.25, 0.3) is 0 Å². The van der Waals surface area contributed by atoms with Crippen molar-refractivity contribution in [1.82, 2.24) is 0 Å². The number of nitrogens with one attached hydrogen (secondary N) is 2. The average Bonchev–Trinajstić information content (AvgIpc) is 3.16. The molecule has 1 spiro atoms. The van der Waals surface area contributed by atoms with Gasteiger partial charge in [-0.15, -0.1) is 0 Å². The third-order valence-electron chi connectivity index (χ3n) is 6.89. The summed E-state index contributed by atoms with van der Waals surface area (Å²) in [5.74, 6) is 0.768. The molecule has 32 heavy (non-hydrogen) atoms. The van der Waals surface area contributed by atoms with Gasteiger partial charge in [-0.2, -0.15) is 35.9 Å². The predicted octanol–water partition coefficient (Wildman–Crippen LogP) is 5.61. The fraction of sp³-hybridized carbons (Fsp3) is 0.296. The maximum Gasteiger partial charge on any atom is 0.323 e. The van der Waals surface area contributed by atoms with Crippen LogP contribution in [0.5, 0.6) is 0 Å². The number of piperidine rings is 1. The molecule has 2 amide bonds. The van der Waals surface area contributed by atoms with E-state index < -0.39 is 0 Å². The van der Waals surface area contributed by atoms with Gasteiger partial charge >= 0.3 is 6.03 Å². The number of anilines is 2. The van der Waals surface area contributed by atoms with Crippen LogP contribution in [0.1, 0.15) is 29.5 Å². The maximum atomic E-state index is 12.5. The van der Waals surface area contributed by atoms with Gasteiger partial charge < -0.3 is 15.1 Å². The van der Waals surface area contributed by atoms with Crippen LogP contribution in [0.15, 0.2) is 72.8 Å². The van der Waals surface area contributed by atoms with Crippen LogP contribution in [-0.2, 0) is 52.2 Å². The van der Waals surface area contributed by atoms with Gasteiger partial charge in [0, 0.05) is 49.5 Å². The second kappa shape index (κ2) is 10.3. The molecular weight excluding hydrogens is 471 g/mol. The Morgan fingerprint density at radius 2 is 1.66 bits per heavy atom. The van der Waals surface area contributed by atoms with Crippen LogP contribution < -0.4 is 10.6 Å². The van der Waals surface area contributed by atoms with Crippen LogP contribution in [0.3, 0.4) is 0 Å². The number of hydrogen-bond acceptors (Lipinski definition) is 1. The predicted molar refractivity (Wildman–Crippen MR) is 125 cm³/mol. The molecule has 0 atom stereocenters. The molecule has 3 aromatic rings. The summed E-state index contributed by atoms with van der Waals surface area (Å²) in [6.07, 6.45) is 3.71. The molecule has 2 N–H and O–H groups in total. The minimum Gasteiger partial charge on any atom is -0.316 e. The van der Waals surface area contributed by atoms with Gasteiger partial charge in [0.1, 0.15) is 13.1 Å². The van der Waals surface area contributed by atoms with E-state index in [1.54, 1.807) is 0 Å². The molecule has 1 radical (unpaired) electrons. The van der Waals surface area contributed by atoms with E-state index in [9.17, 15) is 4.79 Å². The molecule has 2 heterocycles. The Hall–Kier alpha value is -2.01. The van der Waals surface area contributed by atoms with Crippen molar-refractivity contribution in [2.75, 3.05) is 23.7 Å². The standard InChI is InChI=1S/C27H29N3O.Y/c31-27(28-24-11-5-2-6-12-24)29-26-13-7-10-23-19-30(20-25(23)26)16-14-22(15-17-30)18-21-8-3-1-4-9-21;/h2-13,22H,14-20H2,(H2,28,29,31);. The van der Waals surface area contributed by atoms with Gasteiger partial charge in [0.2, 0.25) is 0 Å². The Balaban J connectivity index is 0.00000245. The van der Waals surface area contributed by atoms with Crippen LogP contribution in [0, 0.1) is 12.0 Å². The maximum absolute atomic E-state index is 12.5. The Morgan fingerprint density at radius 3 is 2.41 bits per heavy atom. The number of para-hydroxylation sites is 1. The van der Waals surface area contributed by atoms with Gasteiger partial charge in [-0.3, -0.25) is 0 Å². The third-order valence-corrected chi connectivity index (χ3v) is 6.89. The smallest absolute Gasteiger partial charge is 0.316 e. The van der Waals surface area contributed by atoms with Crippen LogP contribution in [-0.4, -0.2) is 23.6 Å². The number of carbonyl (C=O) groups is 1. The number of carbonyl (C=O) groups excluding carboxylic acids is 1. The molecule has 161 valence electrons. The molecule has 2 aliphatic rings. The zero-order valence-electron chi connectivity index (χ0n) is 18.4. The first-order chi connectivity index (χ1) is 15.2. The van der Waals surface area contributed by atoms with E-state index in [1.165, 1.54) is 49.0 Å². The van der Waals surface area contributed by atoms with Crippen LogP contribution >= 0.6 is 0 Å². The minimum absolute atomic E-state index is 0. The van der Waals surface area contributed by atoms with Gasteiger partial charge in [0.05, 0.1) is 18.8 Å². The van der Waals surface area contributed by atoms with Crippen LogP contribution in [0.2, 0.25) is 0 Å². The number of amides is 2. The molecule has 4 nitrogen and oxygen atoms in total. The minimum atomic E-state index is -0.183. The first kappa shape index (κ1) is 23.2. The molecule has 0 aromatic heterocycles. The Labute approximate surface area is 215 Å². The van der Waals surface area contributed by atoms with E-state index in [1.807, 2.05) is 48.5 Å². The van der Waals surface area contributed by atoms with Crippen molar-refractivity contribution >= 4 is 17.4 Å². The molecule has 0 bridgehead atoms. The van der Waals surface area contributed by atoms with Crippen molar-refractivity contribution in [1.29, 1.82) is 0 Å². The van der Waals surface area contributed by atoms with Crippen molar-refractivity contribution in [3.63, 3.8) is 0 Å². The molecule has 2 aliphatic heterocycles. The summed E-state index contributed by atoms with van der Waals surface area (Å²) in [5, 5.41) is 6.02. The van der Waals surface area contributed by atoms with Gasteiger partial charge in [-0.05, 0) is 43.4 Å². The largest absolute Gasteiger partial charge is 0.323 e. The normalized spacial score (nSPS) is 21.4. The zero-order chi connectivity index (χ0) is 21.1. The molecule has 5 rings (SSSR count). The quantitative estimate of drug-likeness (QED) is 0.355. The zero-order valence-corrected chi connectivity index (χ0v) is 21.2. The van der Waals surface area contributed by atoms with E-state index in [2.05, 4.69) is 41.0 Å². The van der Waals surface area contributed by atoms with Crippen molar-refractivity contribution in [2.45, 2.75) is 32.4 Å². The molecule has 0 saturated carbocycles. The number of urea groups is 1. The number of benzene rings is 3. The van der Waals surface area contributed by atoms with E-state index in [0.29, 0.717) is 0 Å². The molecule has 1 fully saturated rings. The molecule has 5 heteroatoms. The number of fused-ring (bicyclic) bond motifs is 1. The Morgan fingerprint density at radius 1 is 0.906 bits per heavy atom. The number of rotatable bonds is 4. The molecule has 0 unspecified atom stereocenters. The van der Waals surface area contributed by atoms with E-state index >= 15 is 0 Å². The molecular formula is C27H29N3OY. The fourth-order valence-corrected chi connectivity index (χ4v) is 5.23. The van der Waals surface area contributed by atoms with E-state index in [0.717, 1.165) is 34.9 Å².